The smallest absolute Gasteiger partial charge is 0.231 e. The molecular weight excluding hydrogens is 294 g/mol. The molecule has 118 valence electrons. The standard InChI is InChI=1S/C17H17N3O3/c21-8-17(9-22-10-17)7-18-15-13-6-14(12-4-2-1-3-5-12)23-16(13)20-11-19-15/h1-6,11,21H,7-10H2,(H,18,19,20). The monoisotopic (exact) mass is 311 g/mol. The molecule has 0 saturated carbocycles. The average molecular weight is 311 g/mol. The van der Waals surface area contributed by atoms with Crippen LogP contribution in [0.25, 0.3) is 22.4 Å². The number of benzene rings is 1. The number of aliphatic hydroxyl groups is 1. The molecule has 2 N–H and O–H groups in total. The van der Waals surface area contributed by atoms with Crippen LogP contribution < -0.4 is 5.32 Å². The van der Waals surface area contributed by atoms with Gasteiger partial charge in [-0.25, -0.2) is 9.97 Å². The Hall–Kier alpha value is -2.44. The molecule has 2 aromatic heterocycles. The Morgan fingerprint density at radius 3 is 2.70 bits per heavy atom. The van der Waals surface area contributed by atoms with Gasteiger partial charge in [-0.2, -0.15) is 0 Å². The largest absolute Gasteiger partial charge is 0.438 e. The Balaban J connectivity index is 1.64. The van der Waals surface area contributed by atoms with Crippen LogP contribution in [0.5, 0.6) is 0 Å². The zero-order chi connectivity index (χ0) is 15.7. The topological polar surface area (TPSA) is 80.4 Å². The molecule has 3 heterocycles. The van der Waals surface area contributed by atoms with Gasteiger partial charge in [0.1, 0.15) is 17.9 Å². The van der Waals surface area contributed by atoms with Gasteiger partial charge in [0.05, 0.1) is 30.6 Å². The number of nitrogens with one attached hydrogen (secondary N) is 1. The summed E-state index contributed by atoms with van der Waals surface area (Å²) < 4.78 is 11.0. The maximum atomic E-state index is 9.51. The molecule has 0 atom stereocenters. The van der Waals surface area contributed by atoms with Crippen molar-refractivity contribution in [3.8, 4) is 11.3 Å². The predicted molar refractivity (Wildman–Crippen MR) is 86.1 cm³/mol. The Labute approximate surface area is 133 Å². The first-order valence-electron chi connectivity index (χ1n) is 7.52. The van der Waals surface area contributed by atoms with E-state index in [1.807, 2.05) is 36.4 Å². The van der Waals surface area contributed by atoms with Crippen molar-refractivity contribution >= 4 is 16.9 Å². The summed E-state index contributed by atoms with van der Waals surface area (Å²) in [5, 5.41) is 13.6. The fourth-order valence-corrected chi connectivity index (χ4v) is 2.65. The fraction of sp³-hybridized carbons (Fsp3) is 0.294. The maximum Gasteiger partial charge on any atom is 0.231 e. The van der Waals surface area contributed by atoms with E-state index in [4.69, 9.17) is 9.15 Å². The van der Waals surface area contributed by atoms with Crippen LogP contribution in [0.3, 0.4) is 0 Å². The summed E-state index contributed by atoms with van der Waals surface area (Å²) >= 11 is 0. The number of hydrogen-bond acceptors (Lipinski definition) is 6. The second-order valence-corrected chi connectivity index (χ2v) is 5.92. The summed E-state index contributed by atoms with van der Waals surface area (Å²) in [6.07, 6.45) is 1.48. The van der Waals surface area contributed by atoms with E-state index in [2.05, 4.69) is 15.3 Å². The van der Waals surface area contributed by atoms with Crippen LogP contribution in [-0.2, 0) is 4.74 Å². The minimum Gasteiger partial charge on any atom is -0.438 e. The molecule has 1 fully saturated rings. The Bertz CT molecular complexity index is 807. The molecule has 0 radical (unpaired) electrons. The molecule has 0 amide bonds. The second-order valence-electron chi connectivity index (χ2n) is 5.92. The number of aromatic nitrogens is 2. The van der Waals surface area contributed by atoms with Crippen LogP contribution in [0.15, 0.2) is 47.1 Å². The van der Waals surface area contributed by atoms with Gasteiger partial charge in [0.15, 0.2) is 0 Å². The van der Waals surface area contributed by atoms with Crippen molar-refractivity contribution < 1.29 is 14.3 Å². The van der Waals surface area contributed by atoms with Crippen molar-refractivity contribution in [2.24, 2.45) is 5.41 Å². The van der Waals surface area contributed by atoms with Crippen molar-refractivity contribution in [2.75, 3.05) is 31.7 Å². The number of furan rings is 1. The third kappa shape index (κ3) is 2.56. The molecule has 6 nitrogen and oxygen atoms in total. The molecule has 3 aromatic rings. The van der Waals surface area contributed by atoms with Gasteiger partial charge in [-0.3, -0.25) is 0 Å². The normalized spacial score (nSPS) is 16.2. The molecule has 4 rings (SSSR count). The third-order valence-electron chi connectivity index (χ3n) is 4.17. The lowest BCUT2D eigenvalue weighted by atomic mass is 9.87. The van der Waals surface area contributed by atoms with Crippen LogP contribution in [0, 0.1) is 5.41 Å². The molecule has 1 aromatic carbocycles. The Morgan fingerprint density at radius 1 is 1.17 bits per heavy atom. The van der Waals surface area contributed by atoms with E-state index in [0.29, 0.717) is 31.3 Å². The van der Waals surface area contributed by atoms with Crippen LogP contribution in [0.1, 0.15) is 0 Å². The summed E-state index contributed by atoms with van der Waals surface area (Å²) in [6.45, 7) is 1.81. The SMILES string of the molecule is OCC1(CNc2ncnc3oc(-c4ccccc4)cc23)COC1. The van der Waals surface area contributed by atoms with Crippen LogP contribution >= 0.6 is 0 Å². The van der Waals surface area contributed by atoms with E-state index in [1.165, 1.54) is 6.33 Å². The van der Waals surface area contributed by atoms with Gasteiger partial charge in [0, 0.05) is 12.1 Å². The molecule has 0 unspecified atom stereocenters. The summed E-state index contributed by atoms with van der Waals surface area (Å²) in [7, 11) is 0. The number of rotatable bonds is 5. The Kier molecular flexibility index (Phi) is 3.48. The summed E-state index contributed by atoms with van der Waals surface area (Å²) in [4.78, 5) is 8.50. The molecular formula is C17H17N3O3. The van der Waals surface area contributed by atoms with Crippen molar-refractivity contribution in [1.82, 2.24) is 9.97 Å². The number of hydrogen-bond donors (Lipinski definition) is 2. The fourth-order valence-electron chi connectivity index (χ4n) is 2.65. The summed E-state index contributed by atoms with van der Waals surface area (Å²) in [5.41, 5.74) is 1.32. The highest BCUT2D eigenvalue weighted by atomic mass is 16.5. The molecule has 6 heteroatoms. The molecule has 0 aliphatic carbocycles. The minimum atomic E-state index is -0.219. The molecule has 1 aliphatic heterocycles. The second kappa shape index (κ2) is 5.64. The first-order valence-corrected chi connectivity index (χ1v) is 7.52. The van der Waals surface area contributed by atoms with Gasteiger partial charge < -0.3 is 19.6 Å². The van der Waals surface area contributed by atoms with E-state index in [9.17, 15) is 5.11 Å². The van der Waals surface area contributed by atoms with Crippen molar-refractivity contribution in [1.29, 1.82) is 0 Å². The van der Waals surface area contributed by atoms with Crippen molar-refractivity contribution in [2.45, 2.75) is 0 Å². The summed E-state index contributed by atoms with van der Waals surface area (Å²) in [5.74, 6) is 1.47. The number of anilines is 1. The van der Waals surface area contributed by atoms with E-state index in [0.717, 1.165) is 16.7 Å². The quantitative estimate of drug-likeness (QED) is 0.752. The molecule has 0 bridgehead atoms. The highest BCUT2D eigenvalue weighted by Gasteiger charge is 2.38. The van der Waals surface area contributed by atoms with Crippen LogP contribution in [0.4, 0.5) is 5.82 Å². The minimum absolute atomic E-state index is 0.0921. The number of nitrogens with zero attached hydrogens (tertiary/aromatic N) is 2. The zero-order valence-electron chi connectivity index (χ0n) is 12.5. The summed E-state index contributed by atoms with van der Waals surface area (Å²) in [6, 6.07) is 11.8. The number of fused-ring (bicyclic) bond motifs is 1. The first kappa shape index (κ1) is 14.2. The van der Waals surface area contributed by atoms with Crippen LogP contribution in [0.2, 0.25) is 0 Å². The lowest BCUT2D eigenvalue weighted by molar-refractivity contribution is -0.128. The number of ether oxygens (including phenoxy) is 1. The molecule has 1 aliphatic rings. The van der Waals surface area contributed by atoms with E-state index >= 15 is 0 Å². The Morgan fingerprint density at radius 2 is 2.00 bits per heavy atom. The molecule has 1 saturated heterocycles. The predicted octanol–water partition coefficient (Wildman–Crippen LogP) is 2.31. The average Bonchev–Trinajstić information content (AvgIpc) is 3.00. The highest BCUT2D eigenvalue weighted by Crippen LogP contribution is 2.31. The highest BCUT2D eigenvalue weighted by molar-refractivity contribution is 5.89. The van der Waals surface area contributed by atoms with Gasteiger partial charge in [-0.05, 0) is 6.07 Å². The van der Waals surface area contributed by atoms with Crippen molar-refractivity contribution in [3.63, 3.8) is 0 Å². The first-order chi connectivity index (χ1) is 11.3. The van der Waals surface area contributed by atoms with Gasteiger partial charge in [0.2, 0.25) is 5.71 Å². The van der Waals surface area contributed by atoms with Gasteiger partial charge in [-0.15, -0.1) is 0 Å². The molecule has 23 heavy (non-hydrogen) atoms. The van der Waals surface area contributed by atoms with Gasteiger partial charge in [-0.1, -0.05) is 30.3 Å². The molecule has 0 spiro atoms. The van der Waals surface area contributed by atoms with E-state index in [1.54, 1.807) is 0 Å². The lowest BCUT2D eigenvalue weighted by Gasteiger charge is -2.39. The zero-order valence-corrected chi connectivity index (χ0v) is 12.5. The van der Waals surface area contributed by atoms with Gasteiger partial charge >= 0.3 is 0 Å². The number of aliphatic hydroxyl groups excluding tert-OH is 1. The van der Waals surface area contributed by atoms with E-state index < -0.39 is 0 Å². The lowest BCUT2D eigenvalue weighted by Crippen LogP contribution is -2.50. The van der Waals surface area contributed by atoms with Crippen molar-refractivity contribution in [3.05, 3.63) is 42.7 Å². The van der Waals surface area contributed by atoms with Gasteiger partial charge in [0.25, 0.3) is 0 Å². The third-order valence-corrected chi connectivity index (χ3v) is 4.17. The van der Waals surface area contributed by atoms with Crippen LogP contribution in [-0.4, -0.2) is 41.4 Å². The maximum absolute atomic E-state index is 9.51. The van der Waals surface area contributed by atoms with E-state index in [-0.39, 0.29) is 12.0 Å².